The van der Waals surface area contributed by atoms with E-state index in [1.165, 1.54) is 0 Å². The Morgan fingerprint density at radius 1 is 1.35 bits per heavy atom. The fraction of sp³-hybridized carbons (Fsp3) is 0.636. The fourth-order valence-corrected chi connectivity index (χ4v) is 1.20. The van der Waals surface area contributed by atoms with Gasteiger partial charge in [-0.3, -0.25) is 0 Å². The zero-order valence-corrected chi connectivity index (χ0v) is 10.8. The van der Waals surface area contributed by atoms with Crippen molar-refractivity contribution in [2.45, 2.75) is 39.2 Å². The van der Waals surface area contributed by atoms with Gasteiger partial charge in [-0.25, -0.2) is 15.8 Å². The summed E-state index contributed by atoms with van der Waals surface area (Å²) in [5.74, 6) is 7.27. The maximum Gasteiger partial charge on any atom is 0.145 e. The van der Waals surface area contributed by atoms with Crippen LogP contribution in [0.4, 0.5) is 11.6 Å². The Bertz CT molecular complexity index is 373. The average Bonchev–Trinajstić information content (AvgIpc) is 2.24. The van der Waals surface area contributed by atoms with Crippen LogP contribution < -0.4 is 16.6 Å². The summed E-state index contributed by atoms with van der Waals surface area (Å²) in [6, 6.07) is 1.71. The number of hydrazine groups is 1. The number of nitrogens with two attached hydrogens (primary N) is 1. The first-order chi connectivity index (χ1) is 7.82. The first-order valence-corrected chi connectivity index (χ1v) is 5.61. The van der Waals surface area contributed by atoms with Crippen LogP contribution in [0.1, 0.15) is 33.5 Å². The molecule has 1 atom stereocenters. The van der Waals surface area contributed by atoms with Gasteiger partial charge in [0.2, 0.25) is 0 Å². The van der Waals surface area contributed by atoms with Gasteiger partial charge in [0, 0.05) is 18.0 Å². The maximum atomic E-state index is 9.22. The Morgan fingerprint density at radius 3 is 2.41 bits per heavy atom. The van der Waals surface area contributed by atoms with E-state index >= 15 is 0 Å². The number of nitrogens with one attached hydrogen (secondary N) is 2. The number of aliphatic hydroxyl groups is 1. The van der Waals surface area contributed by atoms with E-state index in [0.717, 1.165) is 0 Å². The molecule has 0 aliphatic heterocycles. The third-order valence-corrected chi connectivity index (χ3v) is 2.12. The molecule has 6 nitrogen and oxygen atoms in total. The second-order valence-electron chi connectivity index (χ2n) is 5.09. The van der Waals surface area contributed by atoms with Crippen molar-refractivity contribution in [3.8, 4) is 0 Å². The molecule has 0 aromatic carbocycles. The Kier molecular flexibility index (Phi) is 4.25. The van der Waals surface area contributed by atoms with E-state index in [1.807, 2.05) is 20.8 Å². The smallest absolute Gasteiger partial charge is 0.145 e. The Balaban J connectivity index is 2.97. The lowest BCUT2D eigenvalue weighted by Crippen LogP contribution is -2.21. The lowest BCUT2D eigenvalue weighted by atomic mass is 9.96. The first-order valence-electron chi connectivity index (χ1n) is 5.61. The van der Waals surface area contributed by atoms with Gasteiger partial charge < -0.3 is 15.8 Å². The monoisotopic (exact) mass is 239 g/mol. The van der Waals surface area contributed by atoms with Gasteiger partial charge in [0.15, 0.2) is 0 Å². The zero-order valence-electron chi connectivity index (χ0n) is 10.8. The maximum absolute atomic E-state index is 9.22. The summed E-state index contributed by atoms with van der Waals surface area (Å²) in [5.41, 5.74) is 2.36. The van der Waals surface area contributed by atoms with Gasteiger partial charge in [0.1, 0.15) is 17.5 Å². The summed E-state index contributed by atoms with van der Waals surface area (Å²) in [6.45, 7) is 8.23. The Labute approximate surface area is 102 Å². The predicted molar refractivity (Wildman–Crippen MR) is 68.7 cm³/mol. The number of aromatic nitrogens is 2. The van der Waals surface area contributed by atoms with Crippen LogP contribution >= 0.6 is 0 Å². The molecule has 0 saturated carbocycles. The molecular formula is C11H21N5O. The van der Waals surface area contributed by atoms with Crippen LogP contribution in [0, 0.1) is 0 Å². The van der Waals surface area contributed by atoms with E-state index in [9.17, 15) is 5.11 Å². The number of nitrogens with zero attached hydrogens (tertiary/aromatic N) is 2. The summed E-state index contributed by atoms with van der Waals surface area (Å²) in [4.78, 5) is 8.70. The van der Waals surface area contributed by atoms with Crippen molar-refractivity contribution < 1.29 is 5.11 Å². The number of aliphatic hydroxyl groups excluding tert-OH is 1. The lowest BCUT2D eigenvalue weighted by Gasteiger charge is -2.19. The molecular weight excluding hydrogens is 218 g/mol. The van der Waals surface area contributed by atoms with Crippen molar-refractivity contribution in [2.24, 2.45) is 5.84 Å². The van der Waals surface area contributed by atoms with Gasteiger partial charge in [0.05, 0.1) is 6.10 Å². The van der Waals surface area contributed by atoms with Gasteiger partial charge in [-0.1, -0.05) is 20.8 Å². The molecule has 6 heteroatoms. The van der Waals surface area contributed by atoms with Gasteiger partial charge in [-0.2, -0.15) is 0 Å². The van der Waals surface area contributed by atoms with Crippen LogP contribution in [-0.2, 0) is 5.41 Å². The molecule has 0 aliphatic rings. The van der Waals surface area contributed by atoms with Crippen molar-refractivity contribution in [1.29, 1.82) is 0 Å². The van der Waals surface area contributed by atoms with Crippen LogP contribution in [0.3, 0.4) is 0 Å². The van der Waals surface area contributed by atoms with Crippen molar-refractivity contribution in [3.05, 3.63) is 11.9 Å². The summed E-state index contributed by atoms with van der Waals surface area (Å²) >= 11 is 0. The minimum atomic E-state index is -0.433. The van der Waals surface area contributed by atoms with Crippen LogP contribution in [0.25, 0.3) is 0 Å². The Morgan fingerprint density at radius 2 is 1.94 bits per heavy atom. The first kappa shape index (κ1) is 13.7. The predicted octanol–water partition coefficient (Wildman–Crippen LogP) is 0.852. The van der Waals surface area contributed by atoms with Crippen LogP contribution in [0.15, 0.2) is 6.07 Å². The minimum Gasteiger partial charge on any atom is -0.392 e. The summed E-state index contributed by atoms with van der Waals surface area (Å²) < 4.78 is 0. The molecule has 0 fully saturated rings. The third kappa shape index (κ3) is 4.16. The van der Waals surface area contributed by atoms with Crippen LogP contribution in [0.5, 0.6) is 0 Å². The van der Waals surface area contributed by atoms with E-state index in [1.54, 1.807) is 13.0 Å². The van der Waals surface area contributed by atoms with Gasteiger partial charge in [0.25, 0.3) is 0 Å². The molecule has 1 aromatic rings. The van der Waals surface area contributed by atoms with E-state index < -0.39 is 6.10 Å². The third-order valence-electron chi connectivity index (χ3n) is 2.12. The number of anilines is 2. The fourth-order valence-electron chi connectivity index (χ4n) is 1.20. The van der Waals surface area contributed by atoms with E-state index in [0.29, 0.717) is 24.0 Å². The van der Waals surface area contributed by atoms with E-state index in [-0.39, 0.29) is 5.41 Å². The quantitative estimate of drug-likeness (QED) is 0.459. The highest BCUT2D eigenvalue weighted by atomic mass is 16.3. The van der Waals surface area contributed by atoms with E-state index in [2.05, 4.69) is 20.7 Å². The highest BCUT2D eigenvalue weighted by Crippen LogP contribution is 2.21. The molecule has 1 heterocycles. The van der Waals surface area contributed by atoms with E-state index in [4.69, 9.17) is 5.84 Å². The average molecular weight is 239 g/mol. The van der Waals surface area contributed by atoms with Crippen LogP contribution in [-0.4, -0.2) is 27.7 Å². The lowest BCUT2D eigenvalue weighted by molar-refractivity contribution is 0.208. The highest BCUT2D eigenvalue weighted by Gasteiger charge is 2.19. The molecule has 0 radical (unpaired) electrons. The summed E-state index contributed by atoms with van der Waals surface area (Å²) in [6.07, 6.45) is -0.433. The molecule has 0 amide bonds. The standard InChI is InChI=1S/C11H21N5O/c1-7(17)6-13-8-5-9(16-12)15-10(14-8)11(2,3)4/h5,7,17H,6,12H2,1-4H3,(H2,13,14,15,16). The second-order valence-corrected chi connectivity index (χ2v) is 5.09. The normalized spacial score (nSPS) is 13.3. The van der Waals surface area contributed by atoms with Crippen molar-refractivity contribution in [2.75, 3.05) is 17.3 Å². The summed E-state index contributed by atoms with van der Waals surface area (Å²) in [5, 5.41) is 12.3. The SMILES string of the molecule is CC(O)CNc1cc(NN)nc(C(C)(C)C)n1. The molecule has 0 saturated heterocycles. The van der Waals surface area contributed by atoms with Gasteiger partial charge in [-0.15, -0.1) is 0 Å². The molecule has 1 aromatic heterocycles. The van der Waals surface area contributed by atoms with Gasteiger partial charge in [-0.05, 0) is 6.92 Å². The second kappa shape index (κ2) is 5.29. The topological polar surface area (TPSA) is 96.1 Å². The molecule has 0 bridgehead atoms. The number of hydrogen-bond acceptors (Lipinski definition) is 6. The van der Waals surface area contributed by atoms with Crippen molar-refractivity contribution in [1.82, 2.24) is 9.97 Å². The molecule has 0 aliphatic carbocycles. The number of rotatable bonds is 4. The number of hydrogen-bond donors (Lipinski definition) is 4. The molecule has 17 heavy (non-hydrogen) atoms. The summed E-state index contributed by atoms with van der Waals surface area (Å²) in [7, 11) is 0. The Hall–Kier alpha value is -1.40. The molecule has 0 spiro atoms. The van der Waals surface area contributed by atoms with Crippen molar-refractivity contribution in [3.63, 3.8) is 0 Å². The largest absolute Gasteiger partial charge is 0.392 e. The highest BCUT2D eigenvalue weighted by molar-refractivity contribution is 5.47. The molecule has 1 unspecified atom stereocenters. The molecule has 1 rings (SSSR count). The van der Waals surface area contributed by atoms with Crippen molar-refractivity contribution >= 4 is 11.6 Å². The molecule has 96 valence electrons. The van der Waals surface area contributed by atoms with Crippen LogP contribution in [0.2, 0.25) is 0 Å². The van der Waals surface area contributed by atoms with Gasteiger partial charge >= 0.3 is 0 Å². The zero-order chi connectivity index (χ0) is 13.1. The minimum absolute atomic E-state index is 0.159. The number of nitrogen functional groups attached to an aromatic ring is 1. The molecule has 5 N–H and O–H groups in total.